The van der Waals surface area contributed by atoms with Crippen molar-refractivity contribution in [2.24, 2.45) is 11.0 Å². The van der Waals surface area contributed by atoms with Crippen molar-refractivity contribution in [2.45, 2.75) is 121 Å². The molecule has 2 aromatic rings. The lowest BCUT2D eigenvalue weighted by atomic mass is 9.99. The highest BCUT2D eigenvalue weighted by molar-refractivity contribution is 7.86. The van der Waals surface area contributed by atoms with Crippen molar-refractivity contribution in [1.29, 1.82) is 0 Å². The SMILES string of the molecule is CCCCCCCCCCCCCCCCCC1=NN(c2ccc(Oc3ccccc3)c(S(=O)(=O)O)c2)C(=O)C1C. The predicted octanol–water partition coefficient (Wildman–Crippen LogP) is 9.33. The summed E-state index contributed by atoms with van der Waals surface area (Å²) in [5.41, 5.74) is 1.09. The molecule has 0 saturated heterocycles. The van der Waals surface area contributed by atoms with E-state index in [-0.39, 0.29) is 23.3 Å². The average molecular weight is 585 g/mol. The Balaban J connectivity index is 1.41. The first kappa shape index (κ1) is 32.8. The highest BCUT2D eigenvalue weighted by atomic mass is 32.2. The molecular weight excluding hydrogens is 536 g/mol. The van der Waals surface area contributed by atoms with E-state index in [0.29, 0.717) is 5.75 Å². The lowest BCUT2D eigenvalue weighted by molar-refractivity contribution is -0.119. The maximum Gasteiger partial charge on any atom is 0.298 e. The van der Waals surface area contributed by atoms with E-state index in [1.54, 1.807) is 30.3 Å². The summed E-state index contributed by atoms with van der Waals surface area (Å²) in [5.74, 6) is -0.168. The Hall–Kier alpha value is -2.71. The van der Waals surface area contributed by atoms with E-state index in [1.807, 2.05) is 13.0 Å². The highest BCUT2D eigenvalue weighted by Gasteiger charge is 2.33. The molecule has 3 rings (SSSR count). The lowest BCUT2D eigenvalue weighted by Gasteiger charge is -2.16. The van der Waals surface area contributed by atoms with Gasteiger partial charge in [-0.25, -0.2) is 5.01 Å². The van der Waals surface area contributed by atoms with Crippen molar-refractivity contribution in [3.63, 3.8) is 0 Å². The second kappa shape index (κ2) is 17.3. The molecule has 1 atom stereocenters. The molecule has 2 aromatic carbocycles. The molecule has 0 spiro atoms. The van der Waals surface area contributed by atoms with Crippen LogP contribution in [0.3, 0.4) is 0 Å². The van der Waals surface area contributed by atoms with Gasteiger partial charge >= 0.3 is 0 Å². The van der Waals surface area contributed by atoms with E-state index >= 15 is 0 Å². The Labute approximate surface area is 247 Å². The highest BCUT2D eigenvalue weighted by Crippen LogP contribution is 2.34. The monoisotopic (exact) mass is 584 g/mol. The van der Waals surface area contributed by atoms with E-state index in [2.05, 4.69) is 12.0 Å². The zero-order valence-corrected chi connectivity index (χ0v) is 25.7. The van der Waals surface area contributed by atoms with Crippen molar-refractivity contribution in [3.8, 4) is 11.5 Å². The van der Waals surface area contributed by atoms with E-state index in [4.69, 9.17) is 4.74 Å². The molecule has 1 aliphatic heterocycles. The van der Waals surface area contributed by atoms with Crippen molar-refractivity contribution in [2.75, 3.05) is 5.01 Å². The number of rotatable bonds is 20. The summed E-state index contributed by atoms with van der Waals surface area (Å²) in [6, 6.07) is 13.0. The van der Waals surface area contributed by atoms with Gasteiger partial charge in [-0.1, -0.05) is 115 Å². The first-order valence-electron chi connectivity index (χ1n) is 15.6. The average Bonchev–Trinajstić information content (AvgIpc) is 3.24. The number of hydrazone groups is 1. The number of benzene rings is 2. The third-order valence-electron chi connectivity index (χ3n) is 7.76. The van der Waals surface area contributed by atoms with Crippen molar-refractivity contribution in [3.05, 3.63) is 48.5 Å². The van der Waals surface area contributed by atoms with E-state index in [0.717, 1.165) is 25.0 Å². The maximum absolute atomic E-state index is 13.0. The summed E-state index contributed by atoms with van der Waals surface area (Å²) in [6.07, 6.45) is 20.3. The number of hydrogen-bond acceptors (Lipinski definition) is 5. The van der Waals surface area contributed by atoms with Gasteiger partial charge in [0.2, 0.25) is 0 Å². The van der Waals surface area contributed by atoms with Gasteiger partial charge in [-0.3, -0.25) is 9.35 Å². The number of para-hydroxylation sites is 1. The Morgan fingerprint density at radius 1 is 0.805 bits per heavy atom. The number of carbonyl (C=O) groups excluding carboxylic acids is 1. The Bertz CT molecular complexity index is 1210. The normalized spacial score (nSPS) is 15.4. The molecule has 226 valence electrons. The minimum atomic E-state index is -4.60. The Morgan fingerprint density at radius 3 is 1.88 bits per heavy atom. The summed E-state index contributed by atoms with van der Waals surface area (Å²) in [5, 5.41) is 5.79. The van der Waals surface area contributed by atoms with Crippen molar-refractivity contribution < 1.29 is 22.5 Å². The largest absolute Gasteiger partial charge is 0.456 e. The van der Waals surface area contributed by atoms with Crippen LogP contribution in [0.15, 0.2) is 58.5 Å². The standard InChI is InChI=1S/C33H48N2O5S/c1-3-4-5-6-7-8-9-10-11-12-13-14-15-16-20-23-30-27(2)33(36)35(34-30)28-24-25-31(32(26-28)41(37,38)39)40-29-21-18-17-19-22-29/h17-19,21-22,24-27H,3-16,20,23H2,1-2H3,(H,37,38,39). The van der Waals surface area contributed by atoms with Gasteiger partial charge < -0.3 is 4.74 Å². The van der Waals surface area contributed by atoms with E-state index in [1.165, 1.54) is 101 Å². The third kappa shape index (κ3) is 10.9. The van der Waals surface area contributed by atoms with Crippen LogP contribution in [-0.2, 0) is 14.9 Å². The molecule has 1 amide bonds. The molecule has 7 nitrogen and oxygen atoms in total. The molecule has 0 fully saturated rings. The third-order valence-corrected chi connectivity index (χ3v) is 8.64. The molecule has 8 heteroatoms. The van der Waals surface area contributed by atoms with Crippen molar-refractivity contribution >= 4 is 27.4 Å². The number of nitrogens with zero attached hydrogens (tertiary/aromatic N) is 2. The Morgan fingerprint density at radius 2 is 1.34 bits per heavy atom. The first-order valence-corrected chi connectivity index (χ1v) is 17.0. The van der Waals surface area contributed by atoms with Crippen LogP contribution in [0, 0.1) is 5.92 Å². The molecule has 1 heterocycles. The van der Waals surface area contributed by atoms with Crippen LogP contribution < -0.4 is 9.75 Å². The van der Waals surface area contributed by atoms with Crippen LogP contribution in [0.4, 0.5) is 5.69 Å². The summed E-state index contributed by atoms with van der Waals surface area (Å²) in [6.45, 7) is 4.10. The van der Waals surface area contributed by atoms with Gasteiger partial charge in [-0.15, -0.1) is 0 Å². The smallest absolute Gasteiger partial charge is 0.298 e. The number of ether oxygens (including phenoxy) is 1. The van der Waals surface area contributed by atoms with E-state index < -0.39 is 15.0 Å². The topological polar surface area (TPSA) is 96.3 Å². The quantitative estimate of drug-likeness (QED) is 0.124. The number of unbranched alkanes of at least 4 members (excludes halogenated alkanes) is 14. The van der Waals surface area contributed by atoms with E-state index in [9.17, 15) is 17.8 Å². The number of anilines is 1. The van der Waals surface area contributed by atoms with Gasteiger partial charge in [-0.2, -0.15) is 13.5 Å². The molecular formula is C33H48N2O5S. The summed E-state index contributed by atoms with van der Waals surface area (Å²) in [4.78, 5) is 12.6. The van der Waals surface area contributed by atoms with Gasteiger partial charge in [0, 0.05) is 0 Å². The predicted molar refractivity (Wildman–Crippen MR) is 166 cm³/mol. The molecule has 1 aliphatic rings. The minimum absolute atomic E-state index is 0.0239. The van der Waals surface area contributed by atoms with Crippen LogP contribution in [0.25, 0.3) is 0 Å². The van der Waals surface area contributed by atoms with Crippen molar-refractivity contribution in [1.82, 2.24) is 0 Å². The van der Waals surface area contributed by atoms with Crippen LogP contribution in [0.2, 0.25) is 0 Å². The summed E-state index contributed by atoms with van der Waals surface area (Å²) in [7, 11) is -4.60. The molecule has 1 N–H and O–H groups in total. The van der Waals surface area contributed by atoms with Gasteiger partial charge in [-0.05, 0) is 50.1 Å². The summed E-state index contributed by atoms with van der Waals surface area (Å²) < 4.78 is 39.8. The first-order chi connectivity index (χ1) is 19.8. The molecule has 0 saturated carbocycles. The van der Waals surface area contributed by atoms with Gasteiger partial charge in [0.25, 0.3) is 16.0 Å². The molecule has 41 heavy (non-hydrogen) atoms. The van der Waals surface area contributed by atoms with Crippen LogP contribution in [0.5, 0.6) is 11.5 Å². The van der Waals surface area contributed by atoms with Crippen LogP contribution >= 0.6 is 0 Å². The lowest BCUT2D eigenvalue weighted by Crippen LogP contribution is -2.25. The molecule has 0 radical (unpaired) electrons. The fraction of sp³-hybridized carbons (Fsp3) is 0.576. The maximum atomic E-state index is 13.0. The van der Waals surface area contributed by atoms with Crippen LogP contribution in [-0.4, -0.2) is 24.6 Å². The minimum Gasteiger partial charge on any atom is -0.456 e. The number of hydrogen-bond donors (Lipinski definition) is 1. The van der Waals surface area contributed by atoms with Gasteiger partial charge in [0.1, 0.15) is 16.4 Å². The van der Waals surface area contributed by atoms with Gasteiger partial charge in [0.15, 0.2) is 0 Å². The zero-order chi connectivity index (χ0) is 29.5. The summed E-state index contributed by atoms with van der Waals surface area (Å²) >= 11 is 0. The van der Waals surface area contributed by atoms with Gasteiger partial charge in [0.05, 0.1) is 17.3 Å². The Kier molecular flexibility index (Phi) is 13.8. The molecule has 1 unspecified atom stereocenters. The zero-order valence-electron chi connectivity index (χ0n) is 24.9. The fourth-order valence-corrected chi connectivity index (χ4v) is 5.88. The van der Waals surface area contributed by atoms with Crippen LogP contribution in [0.1, 0.15) is 117 Å². The molecule has 0 aromatic heterocycles. The second-order valence-corrected chi connectivity index (χ2v) is 12.6. The molecule has 0 bridgehead atoms. The number of amides is 1. The number of carbonyl (C=O) groups is 1. The fourth-order valence-electron chi connectivity index (χ4n) is 5.25. The second-order valence-electron chi connectivity index (χ2n) is 11.2. The molecule has 0 aliphatic carbocycles.